The Kier molecular flexibility index (Phi) is 4.86. The Morgan fingerprint density at radius 1 is 1.04 bits per heavy atom. The quantitative estimate of drug-likeness (QED) is 0.694. The Morgan fingerprint density at radius 3 is 2.58 bits per heavy atom. The summed E-state index contributed by atoms with van der Waals surface area (Å²) in [5.41, 5.74) is 2.95. The van der Waals surface area contributed by atoms with Crippen molar-refractivity contribution in [2.75, 3.05) is 10.6 Å². The molecule has 0 fully saturated rings. The van der Waals surface area contributed by atoms with Crippen LogP contribution in [0.25, 0.3) is 0 Å². The van der Waals surface area contributed by atoms with Crippen molar-refractivity contribution in [2.24, 2.45) is 0 Å². The summed E-state index contributed by atoms with van der Waals surface area (Å²) in [6, 6.07) is 16.8. The first-order valence-corrected chi connectivity index (χ1v) is 8.13. The monoisotopic (exact) mass is 382 g/mol. The van der Waals surface area contributed by atoms with Gasteiger partial charge in [-0.15, -0.1) is 0 Å². The van der Waals surface area contributed by atoms with E-state index in [2.05, 4.69) is 36.5 Å². The average Bonchev–Trinajstić information content (AvgIpc) is 2.57. The molecule has 2 N–H and O–H groups in total. The first kappa shape index (κ1) is 16.1. The van der Waals surface area contributed by atoms with E-state index in [-0.39, 0.29) is 5.91 Å². The summed E-state index contributed by atoms with van der Waals surface area (Å²) >= 11 is 3.39. The number of hydrogen-bond acceptors (Lipinski definition) is 4. The Morgan fingerprint density at radius 2 is 1.83 bits per heavy atom. The molecule has 1 amide bonds. The lowest BCUT2D eigenvalue weighted by Crippen LogP contribution is -2.14. The molecule has 0 atom stereocenters. The van der Waals surface area contributed by atoms with Crippen molar-refractivity contribution in [1.82, 2.24) is 9.97 Å². The van der Waals surface area contributed by atoms with Crippen LogP contribution >= 0.6 is 15.9 Å². The fourth-order valence-electron chi connectivity index (χ4n) is 2.13. The Labute approximate surface area is 148 Å². The van der Waals surface area contributed by atoms with Crippen molar-refractivity contribution in [1.29, 1.82) is 0 Å². The number of carbonyl (C=O) groups is 1. The van der Waals surface area contributed by atoms with Gasteiger partial charge in [0.15, 0.2) is 0 Å². The van der Waals surface area contributed by atoms with Crippen LogP contribution in [0.2, 0.25) is 0 Å². The number of anilines is 3. The molecule has 0 aliphatic heterocycles. The molecule has 120 valence electrons. The number of aromatic nitrogens is 2. The lowest BCUT2D eigenvalue weighted by Gasteiger charge is -2.08. The molecule has 0 unspecified atom stereocenters. The molecule has 0 bridgehead atoms. The van der Waals surface area contributed by atoms with Gasteiger partial charge in [0.1, 0.15) is 5.69 Å². The molecule has 1 heterocycles. The normalized spacial score (nSPS) is 10.2. The Balaban J connectivity index is 1.74. The van der Waals surface area contributed by atoms with Crippen LogP contribution in [0.15, 0.2) is 65.3 Å². The standard InChI is InChI=1S/C18H15BrN4O/c1-12-3-2-4-15(11-12)21-17(24)16-9-10-20-18(23-16)22-14-7-5-13(19)6-8-14/h2-11H,1H3,(H,21,24)(H,20,22,23). The van der Waals surface area contributed by atoms with Crippen LogP contribution < -0.4 is 10.6 Å². The molecular weight excluding hydrogens is 368 g/mol. The number of hydrogen-bond donors (Lipinski definition) is 2. The molecule has 3 aromatic rings. The fraction of sp³-hybridized carbons (Fsp3) is 0.0556. The molecule has 0 saturated heterocycles. The topological polar surface area (TPSA) is 66.9 Å². The smallest absolute Gasteiger partial charge is 0.274 e. The third kappa shape index (κ3) is 4.17. The molecular formula is C18H15BrN4O. The average molecular weight is 383 g/mol. The molecule has 0 spiro atoms. The Hall–Kier alpha value is -2.73. The van der Waals surface area contributed by atoms with Crippen molar-refractivity contribution < 1.29 is 4.79 Å². The minimum absolute atomic E-state index is 0.276. The molecule has 0 aliphatic carbocycles. The van der Waals surface area contributed by atoms with Crippen LogP contribution in [0.1, 0.15) is 16.1 Å². The second-order valence-corrected chi connectivity index (χ2v) is 6.14. The van der Waals surface area contributed by atoms with E-state index in [1.165, 1.54) is 0 Å². The Bertz CT molecular complexity index is 865. The second kappa shape index (κ2) is 7.23. The minimum Gasteiger partial charge on any atom is -0.324 e. The van der Waals surface area contributed by atoms with Crippen molar-refractivity contribution in [3.63, 3.8) is 0 Å². The van der Waals surface area contributed by atoms with Gasteiger partial charge in [-0.3, -0.25) is 4.79 Å². The molecule has 0 aliphatic rings. The first-order valence-electron chi connectivity index (χ1n) is 7.34. The summed E-state index contributed by atoms with van der Waals surface area (Å²) in [7, 11) is 0. The van der Waals surface area contributed by atoms with Gasteiger partial charge in [-0.1, -0.05) is 28.1 Å². The van der Waals surface area contributed by atoms with Crippen molar-refractivity contribution in [3.05, 3.63) is 76.5 Å². The summed E-state index contributed by atoms with van der Waals surface area (Å²) < 4.78 is 0.986. The van der Waals surface area contributed by atoms with Gasteiger partial charge in [-0.25, -0.2) is 9.97 Å². The van der Waals surface area contributed by atoms with Gasteiger partial charge < -0.3 is 10.6 Å². The number of carbonyl (C=O) groups excluding carboxylic acids is 1. The van der Waals surface area contributed by atoms with Gasteiger partial charge in [0.25, 0.3) is 5.91 Å². The van der Waals surface area contributed by atoms with E-state index in [4.69, 9.17) is 0 Å². The highest BCUT2D eigenvalue weighted by Crippen LogP contribution is 2.17. The van der Waals surface area contributed by atoms with Gasteiger partial charge in [-0.2, -0.15) is 0 Å². The summed E-state index contributed by atoms with van der Waals surface area (Å²) in [5, 5.41) is 5.91. The van der Waals surface area contributed by atoms with Gasteiger partial charge in [0.05, 0.1) is 0 Å². The zero-order valence-corrected chi connectivity index (χ0v) is 14.5. The zero-order chi connectivity index (χ0) is 16.9. The molecule has 0 saturated carbocycles. The lowest BCUT2D eigenvalue weighted by molar-refractivity contribution is 0.102. The number of rotatable bonds is 4. The molecule has 24 heavy (non-hydrogen) atoms. The predicted molar refractivity (Wildman–Crippen MR) is 98.6 cm³/mol. The number of aryl methyl sites for hydroxylation is 1. The summed E-state index contributed by atoms with van der Waals surface area (Å²) in [5.74, 6) is 0.0936. The number of nitrogens with zero attached hydrogens (tertiary/aromatic N) is 2. The molecule has 1 aromatic heterocycles. The molecule has 3 rings (SSSR count). The molecule has 5 nitrogen and oxygen atoms in total. The van der Waals surface area contributed by atoms with Crippen LogP contribution in [-0.2, 0) is 0 Å². The summed E-state index contributed by atoms with van der Waals surface area (Å²) in [6.07, 6.45) is 1.55. The largest absolute Gasteiger partial charge is 0.324 e. The fourth-order valence-corrected chi connectivity index (χ4v) is 2.39. The summed E-state index contributed by atoms with van der Waals surface area (Å²) in [6.45, 7) is 1.97. The van der Waals surface area contributed by atoms with Gasteiger partial charge >= 0.3 is 0 Å². The minimum atomic E-state index is -0.276. The van der Waals surface area contributed by atoms with Crippen LogP contribution in [0, 0.1) is 6.92 Å². The second-order valence-electron chi connectivity index (χ2n) is 5.22. The maximum atomic E-state index is 12.3. The highest BCUT2D eigenvalue weighted by atomic mass is 79.9. The number of halogens is 1. The van der Waals surface area contributed by atoms with Crippen molar-refractivity contribution >= 4 is 39.2 Å². The van der Waals surface area contributed by atoms with Crippen molar-refractivity contribution in [2.45, 2.75) is 6.92 Å². The third-order valence-corrected chi connectivity index (χ3v) is 3.79. The van der Waals surface area contributed by atoms with Crippen LogP contribution in [0.4, 0.5) is 17.3 Å². The SMILES string of the molecule is Cc1cccc(NC(=O)c2ccnc(Nc3ccc(Br)cc3)n2)c1. The van der Waals surface area contributed by atoms with Gasteiger partial charge in [0.2, 0.25) is 5.95 Å². The molecule has 0 radical (unpaired) electrons. The predicted octanol–water partition coefficient (Wildman–Crippen LogP) is 4.54. The maximum absolute atomic E-state index is 12.3. The number of amides is 1. The van der Waals surface area contributed by atoms with E-state index in [0.29, 0.717) is 11.6 Å². The lowest BCUT2D eigenvalue weighted by atomic mass is 10.2. The van der Waals surface area contributed by atoms with E-state index >= 15 is 0 Å². The van der Waals surface area contributed by atoms with E-state index in [1.54, 1.807) is 12.3 Å². The highest BCUT2D eigenvalue weighted by Gasteiger charge is 2.09. The third-order valence-electron chi connectivity index (χ3n) is 3.26. The first-order chi connectivity index (χ1) is 11.6. The van der Waals surface area contributed by atoms with Crippen LogP contribution in [-0.4, -0.2) is 15.9 Å². The van der Waals surface area contributed by atoms with E-state index < -0.39 is 0 Å². The van der Waals surface area contributed by atoms with Gasteiger partial charge in [0, 0.05) is 22.0 Å². The van der Waals surface area contributed by atoms with E-state index in [1.807, 2.05) is 55.5 Å². The number of nitrogens with one attached hydrogen (secondary N) is 2. The highest BCUT2D eigenvalue weighted by molar-refractivity contribution is 9.10. The van der Waals surface area contributed by atoms with Gasteiger partial charge in [-0.05, 0) is 55.0 Å². The summed E-state index contributed by atoms with van der Waals surface area (Å²) in [4.78, 5) is 20.7. The molecule has 6 heteroatoms. The maximum Gasteiger partial charge on any atom is 0.274 e. The van der Waals surface area contributed by atoms with E-state index in [0.717, 1.165) is 21.4 Å². The molecule has 2 aromatic carbocycles. The van der Waals surface area contributed by atoms with Crippen LogP contribution in [0.5, 0.6) is 0 Å². The zero-order valence-electron chi connectivity index (χ0n) is 13.0. The van der Waals surface area contributed by atoms with Crippen molar-refractivity contribution in [3.8, 4) is 0 Å². The van der Waals surface area contributed by atoms with E-state index in [9.17, 15) is 4.79 Å². The van der Waals surface area contributed by atoms with Crippen LogP contribution in [0.3, 0.4) is 0 Å². The number of benzene rings is 2.